The second-order valence-corrected chi connectivity index (χ2v) is 8.23. The van der Waals surface area contributed by atoms with E-state index in [0.717, 1.165) is 17.5 Å². The number of benzene rings is 1. The van der Waals surface area contributed by atoms with E-state index in [4.69, 9.17) is 0 Å². The molecule has 1 aliphatic rings. The van der Waals surface area contributed by atoms with Crippen LogP contribution in [0.4, 0.5) is 11.5 Å². The van der Waals surface area contributed by atoms with Gasteiger partial charge in [-0.3, -0.25) is 9.10 Å². The first kappa shape index (κ1) is 17.4. The molecule has 0 atom stereocenters. The Morgan fingerprint density at radius 3 is 2.64 bits per heavy atom. The molecule has 2 heterocycles. The molecule has 7 heteroatoms. The second-order valence-electron chi connectivity index (χ2n) is 6.22. The van der Waals surface area contributed by atoms with E-state index in [0.29, 0.717) is 30.0 Å². The van der Waals surface area contributed by atoms with Crippen molar-refractivity contribution in [1.82, 2.24) is 4.98 Å². The standard InChI is InChI=1S/C18H21N3O3S/c1-13-6-5-9-19-17(13)20-18(22)15-7-8-16(14(2)12-15)21-10-3-4-11-25(21,23)24/h5-9,12H,3-4,10-11H2,1-2H3,(H,19,20,22). The van der Waals surface area contributed by atoms with Crippen molar-refractivity contribution >= 4 is 27.4 Å². The molecule has 1 aliphatic heterocycles. The zero-order valence-corrected chi connectivity index (χ0v) is 15.1. The van der Waals surface area contributed by atoms with Gasteiger partial charge in [0.1, 0.15) is 5.82 Å². The quantitative estimate of drug-likeness (QED) is 0.914. The first-order valence-corrected chi connectivity index (χ1v) is 9.83. The second kappa shape index (κ2) is 6.84. The van der Waals surface area contributed by atoms with Gasteiger partial charge in [0.15, 0.2) is 0 Å². The van der Waals surface area contributed by atoms with Crippen molar-refractivity contribution in [2.75, 3.05) is 21.9 Å². The van der Waals surface area contributed by atoms with Crippen molar-refractivity contribution in [2.24, 2.45) is 0 Å². The Bertz CT molecular complexity index is 910. The number of amides is 1. The number of carbonyl (C=O) groups is 1. The van der Waals surface area contributed by atoms with E-state index in [-0.39, 0.29) is 11.7 Å². The average Bonchev–Trinajstić information content (AvgIpc) is 2.57. The maximum Gasteiger partial charge on any atom is 0.256 e. The third-order valence-corrected chi connectivity index (χ3v) is 6.17. The van der Waals surface area contributed by atoms with Gasteiger partial charge in [-0.05, 0) is 62.1 Å². The smallest absolute Gasteiger partial charge is 0.256 e. The van der Waals surface area contributed by atoms with Crippen LogP contribution in [0.2, 0.25) is 0 Å². The molecule has 6 nitrogen and oxygen atoms in total. The number of rotatable bonds is 3. The summed E-state index contributed by atoms with van der Waals surface area (Å²) in [6.07, 6.45) is 3.17. The Labute approximate surface area is 147 Å². The number of nitrogens with one attached hydrogen (secondary N) is 1. The summed E-state index contributed by atoms with van der Waals surface area (Å²) in [7, 11) is -3.26. The molecule has 3 rings (SSSR count). The average molecular weight is 359 g/mol. The SMILES string of the molecule is Cc1cc(C(=O)Nc2ncccc2C)ccc1N1CCCCS1(=O)=O. The van der Waals surface area contributed by atoms with E-state index in [1.807, 2.05) is 26.0 Å². The van der Waals surface area contributed by atoms with Gasteiger partial charge in [-0.25, -0.2) is 13.4 Å². The Morgan fingerprint density at radius 1 is 1.16 bits per heavy atom. The Balaban J connectivity index is 1.84. The number of pyridine rings is 1. The summed E-state index contributed by atoms with van der Waals surface area (Å²) >= 11 is 0. The lowest BCUT2D eigenvalue weighted by atomic mass is 10.1. The van der Waals surface area contributed by atoms with Gasteiger partial charge in [-0.2, -0.15) is 0 Å². The van der Waals surface area contributed by atoms with Gasteiger partial charge in [0.05, 0.1) is 11.4 Å². The minimum absolute atomic E-state index is 0.174. The minimum atomic E-state index is -3.26. The molecule has 1 fully saturated rings. The fourth-order valence-electron chi connectivity index (χ4n) is 2.93. The minimum Gasteiger partial charge on any atom is -0.306 e. The number of aromatic nitrogens is 1. The highest BCUT2D eigenvalue weighted by Gasteiger charge is 2.27. The molecule has 0 unspecified atom stereocenters. The Morgan fingerprint density at radius 2 is 1.96 bits per heavy atom. The monoisotopic (exact) mass is 359 g/mol. The molecular weight excluding hydrogens is 338 g/mol. The highest BCUT2D eigenvalue weighted by atomic mass is 32.2. The van der Waals surface area contributed by atoms with Crippen LogP contribution in [-0.2, 0) is 10.0 Å². The van der Waals surface area contributed by atoms with Crippen LogP contribution >= 0.6 is 0 Å². The summed E-state index contributed by atoms with van der Waals surface area (Å²) in [5, 5.41) is 2.79. The maximum atomic E-state index is 12.5. The Kier molecular flexibility index (Phi) is 4.76. The van der Waals surface area contributed by atoms with Gasteiger partial charge in [0, 0.05) is 18.3 Å². The van der Waals surface area contributed by atoms with E-state index < -0.39 is 10.0 Å². The topological polar surface area (TPSA) is 79.4 Å². The molecule has 132 valence electrons. The first-order valence-electron chi connectivity index (χ1n) is 8.22. The normalized spacial score (nSPS) is 16.5. The molecule has 1 aromatic carbocycles. The van der Waals surface area contributed by atoms with Crippen LogP contribution < -0.4 is 9.62 Å². The lowest BCUT2D eigenvalue weighted by Gasteiger charge is -2.29. The van der Waals surface area contributed by atoms with Gasteiger partial charge in [-0.1, -0.05) is 6.07 Å². The molecule has 2 aromatic rings. The summed E-state index contributed by atoms with van der Waals surface area (Å²) in [6.45, 7) is 4.18. The summed E-state index contributed by atoms with van der Waals surface area (Å²) < 4.78 is 26.0. The highest BCUT2D eigenvalue weighted by Crippen LogP contribution is 2.27. The first-order chi connectivity index (χ1) is 11.9. The lowest BCUT2D eigenvalue weighted by molar-refractivity contribution is 0.102. The largest absolute Gasteiger partial charge is 0.306 e. The van der Waals surface area contributed by atoms with Gasteiger partial charge < -0.3 is 5.32 Å². The van der Waals surface area contributed by atoms with E-state index in [1.165, 1.54) is 4.31 Å². The van der Waals surface area contributed by atoms with E-state index >= 15 is 0 Å². The summed E-state index contributed by atoms with van der Waals surface area (Å²) in [6, 6.07) is 8.76. The zero-order chi connectivity index (χ0) is 18.0. The molecule has 1 amide bonds. The lowest BCUT2D eigenvalue weighted by Crippen LogP contribution is -2.38. The predicted molar refractivity (Wildman–Crippen MR) is 98.5 cm³/mol. The molecule has 25 heavy (non-hydrogen) atoms. The van der Waals surface area contributed by atoms with Crippen molar-refractivity contribution in [3.63, 3.8) is 0 Å². The molecule has 1 N–H and O–H groups in total. The van der Waals surface area contributed by atoms with Crippen LogP contribution in [0.1, 0.15) is 34.3 Å². The fourth-order valence-corrected chi connectivity index (χ4v) is 4.63. The van der Waals surface area contributed by atoms with Crippen LogP contribution in [0.5, 0.6) is 0 Å². The van der Waals surface area contributed by atoms with Gasteiger partial charge in [0.25, 0.3) is 5.91 Å². The molecule has 0 bridgehead atoms. The van der Waals surface area contributed by atoms with Crippen LogP contribution in [0.25, 0.3) is 0 Å². The highest BCUT2D eigenvalue weighted by molar-refractivity contribution is 7.92. The molecule has 0 spiro atoms. The number of hydrogen-bond donors (Lipinski definition) is 1. The molecule has 0 aliphatic carbocycles. The third-order valence-electron chi connectivity index (χ3n) is 4.32. The Hall–Kier alpha value is -2.41. The molecule has 1 saturated heterocycles. The number of carbonyl (C=O) groups excluding carboxylic acids is 1. The number of hydrogen-bond acceptors (Lipinski definition) is 4. The van der Waals surface area contributed by atoms with Crippen molar-refractivity contribution in [2.45, 2.75) is 26.7 Å². The van der Waals surface area contributed by atoms with Crippen molar-refractivity contribution in [3.8, 4) is 0 Å². The van der Waals surface area contributed by atoms with Crippen molar-refractivity contribution in [3.05, 3.63) is 53.2 Å². The summed E-state index contributed by atoms with van der Waals surface area (Å²) in [5.74, 6) is 0.430. The van der Waals surface area contributed by atoms with Crippen LogP contribution in [0, 0.1) is 13.8 Å². The number of sulfonamides is 1. The van der Waals surface area contributed by atoms with Crippen LogP contribution in [0.3, 0.4) is 0 Å². The van der Waals surface area contributed by atoms with Crippen molar-refractivity contribution < 1.29 is 13.2 Å². The maximum absolute atomic E-state index is 12.5. The molecular formula is C18H21N3O3S. The van der Waals surface area contributed by atoms with Crippen LogP contribution in [-0.4, -0.2) is 31.6 Å². The van der Waals surface area contributed by atoms with Gasteiger partial charge in [0.2, 0.25) is 10.0 Å². The number of anilines is 2. The third kappa shape index (κ3) is 3.66. The summed E-state index contributed by atoms with van der Waals surface area (Å²) in [5.41, 5.74) is 2.76. The zero-order valence-electron chi connectivity index (χ0n) is 14.3. The van der Waals surface area contributed by atoms with Crippen molar-refractivity contribution in [1.29, 1.82) is 0 Å². The predicted octanol–water partition coefficient (Wildman–Crippen LogP) is 2.88. The van der Waals surface area contributed by atoms with E-state index in [1.54, 1.807) is 24.4 Å². The number of aryl methyl sites for hydroxylation is 2. The van der Waals surface area contributed by atoms with Crippen LogP contribution in [0.15, 0.2) is 36.5 Å². The van der Waals surface area contributed by atoms with E-state index in [9.17, 15) is 13.2 Å². The van der Waals surface area contributed by atoms with Gasteiger partial charge in [-0.15, -0.1) is 0 Å². The number of nitrogens with zero attached hydrogens (tertiary/aromatic N) is 2. The molecule has 0 radical (unpaired) electrons. The fraction of sp³-hybridized carbons (Fsp3) is 0.333. The summed E-state index contributed by atoms with van der Waals surface area (Å²) in [4.78, 5) is 16.6. The molecule has 0 saturated carbocycles. The van der Waals surface area contributed by atoms with E-state index in [2.05, 4.69) is 10.3 Å². The van der Waals surface area contributed by atoms with Gasteiger partial charge >= 0.3 is 0 Å². The molecule has 1 aromatic heterocycles.